The summed E-state index contributed by atoms with van der Waals surface area (Å²) in [6, 6.07) is 8.76. The molecule has 41 heavy (non-hydrogen) atoms. The van der Waals surface area contributed by atoms with Crippen LogP contribution >= 0.6 is 0 Å². The third-order valence-electron chi connectivity index (χ3n) is 7.00. The van der Waals surface area contributed by atoms with Crippen LogP contribution in [0.5, 0.6) is 0 Å². The molecule has 2 aromatic heterocycles. The number of ether oxygens (including phenoxy) is 1. The fourth-order valence-corrected chi connectivity index (χ4v) is 4.82. The van der Waals surface area contributed by atoms with E-state index in [1.54, 1.807) is 29.4 Å². The third kappa shape index (κ3) is 6.32. The van der Waals surface area contributed by atoms with E-state index in [9.17, 15) is 19.8 Å². The number of benzene rings is 1. The van der Waals surface area contributed by atoms with E-state index in [0.29, 0.717) is 55.7 Å². The molecule has 1 aromatic carbocycles. The lowest BCUT2D eigenvalue weighted by molar-refractivity contribution is 0.0302. The Morgan fingerprint density at radius 1 is 1.07 bits per heavy atom. The summed E-state index contributed by atoms with van der Waals surface area (Å²) >= 11 is 0. The van der Waals surface area contributed by atoms with Gasteiger partial charge in [-0.3, -0.25) is 4.79 Å². The molecule has 1 fully saturated rings. The van der Waals surface area contributed by atoms with Crippen molar-refractivity contribution in [3.8, 4) is 0 Å². The van der Waals surface area contributed by atoms with E-state index in [1.165, 1.54) is 4.90 Å². The van der Waals surface area contributed by atoms with Gasteiger partial charge in [-0.05, 0) is 36.8 Å². The number of morpholine rings is 1. The minimum atomic E-state index is -0.400. The van der Waals surface area contributed by atoms with E-state index in [-0.39, 0.29) is 32.2 Å². The molecule has 0 unspecified atom stereocenters. The van der Waals surface area contributed by atoms with Crippen LogP contribution in [0.25, 0.3) is 5.70 Å². The molecular formula is C28H34N8O5. The van der Waals surface area contributed by atoms with Crippen LogP contribution in [0.15, 0.2) is 55.1 Å². The monoisotopic (exact) mass is 562 g/mol. The highest BCUT2D eigenvalue weighted by atomic mass is 16.5. The molecule has 216 valence electrons. The zero-order valence-electron chi connectivity index (χ0n) is 22.9. The lowest BCUT2D eigenvalue weighted by Crippen LogP contribution is -2.40. The Kier molecular flexibility index (Phi) is 8.77. The van der Waals surface area contributed by atoms with Gasteiger partial charge in [0.15, 0.2) is 5.82 Å². The highest BCUT2D eigenvalue weighted by molar-refractivity contribution is 5.94. The minimum Gasteiger partial charge on any atom is -0.395 e. The molecule has 0 saturated carbocycles. The summed E-state index contributed by atoms with van der Waals surface area (Å²) in [5.74, 6) is 1.24. The summed E-state index contributed by atoms with van der Waals surface area (Å²) in [6.07, 6.45) is 7.12. The minimum absolute atomic E-state index is 0.0655. The van der Waals surface area contributed by atoms with Gasteiger partial charge in [-0.25, -0.2) is 14.8 Å². The van der Waals surface area contributed by atoms with Crippen molar-refractivity contribution in [2.24, 2.45) is 0 Å². The van der Waals surface area contributed by atoms with Crippen LogP contribution < -0.4 is 15.5 Å². The van der Waals surface area contributed by atoms with Gasteiger partial charge >= 0.3 is 6.03 Å². The maximum absolute atomic E-state index is 12.8. The van der Waals surface area contributed by atoms with Crippen molar-refractivity contribution in [2.75, 3.05) is 68.1 Å². The molecule has 4 heterocycles. The fourth-order valence-electron chi connectivity index (χ4n) is 4.82. The molecule has 3 amide bonds. The first-order valence-corrected chi connectivity index (χ1v) is 13.5. The standard InChI is InChI=1S/C28H34N8O5/c1-20-22(32-28(40)34(9-13-37)10-14-38)3-2-4-24(20)36-18-23(26-29-7-8-35(26)19-36)31-25-6-5-21(17-30-25)27(39)33-11-15-41-16-12-33/h2-8,17-18,37-38H,9-16,19H2,1H3,(H,30,31)(H,32,40). The Balaban J connectivity index is 1.35. The van der Waals surface area contributed by atoms with Crippen LogP contribution in [-0.4, -0.2) is 99.1 Å². The maximum Gasteiger partial charge on any atom is 0.322 e. The van der Waals surface area contributed by atoms with Gasteiger partial charge in [0.05, 0.1) is 37.7 Å². The van der Waals surface area contributed by atoms with Crippen LogP contribution in [0.2, 0.25) is 0 Å². The molecule has 0 aliphatic carbocycles. The Morgan fingerprint density at radius 3 is 2.56 bits per heavy atom. The zero-order chi connectivity index (χ0) is 28.8. The SMILES string of the molecule is Cc1c(NC(=O)N(CCO)CCO)cccc1N1C=C(Nc2ccc(C(=O)N3CCOCC3)cn2)c2nccn2C1. The summed E-state index contributed by atoms with van der Waals surface area (Å²) in [5.41, 5.74) is 3.57. The van der Waals surface area contributed by atoms with Crippen molar-refractivity contribution in [3.05, 3.63) is 72.1 Å². The first-order chi connectivity index (χ1) is 20.0. The Morgan fingerprint density at radius 2 is 1.85 bits per heavy atom. The zero-order valence-corrected chi connectivity index (χ0v) is 22.9. The van der Waals surface area contributed by atoms with E-state index in [1.807, 2.05) is 47.0 Å². The number of nitrogens with zero attached hydrogens (tertiary/aromatic N) is 6. The number of imidazole rings is 1. The van der Waals surface area contributed by atoms with E-state index < -0.39 is 6.03 Å². The number of carbonyl (C=O) groups is 2. The second-order valence-electron chi connectivity index (χ2n) is 9.65. The van der Waals surface area contributed by atoms with Crippen molar-refractivity contribution in [3.63, 3.8) is 0 Å². The molecule has 0 bridgehead atoms. The smallest absolute Gasteiger partial charge is 0.322 e. The van der Waals surface area contributed by atoms with Gasteiger partial charge in [0, 0.05) is 62.3 Å². The quantitative estimate of drug-likeness (QED) is 0.306. The summed E-state index contributed by atoms with van der Waals surface area (Å²) < 4.78 is 7.33. The number of pyridine rings is 1. The number of amides is 3. The number of nitrogens with one attached hydrogen (secondary N) is 2. The fraction of sp³-hybridized carbons (Fsp3) is 0.357. The highest BCUT2D eigenvalue weighted by Crippen LogP contribution is 2.32. The van der Waals surface area contributed by atoms with Crippen LogP contribution in [0.3, 0.4) is 0 Å². The van der Waals surface area contributed by atoms with Crippen LogP contribution in [0.1, 0.15) is 21.7 Å². The van der Waals surface area contributed by atoms with Gasteiger partial charge in [-0.2, -0.15) is 0 Å². The molecule has 13 heteroatoms. The van der Waals surface area contributed by atoms with E-state index in [0.717, 1.165) is 17.1 Å². The largest absolute Gasteiger partial charge is 0.395 e. The number of rotatable bonds is 9. The first kappa shape index (κ1) is 28.1. The molecule has 4 N–H and O–H groups in total. The van der Waals surface area contributed by atoms with Crippen molar-refractivity contribution < 1.29 is 24.5 Å². The second kappa shape index (κ2) is 12.8. The van der Waals surface area contributed by atoms with Gasteiger partial charge in [-0.15, -0.1) is 0 Å². The average molecular weight is 563 g/mol. The molecule has 1 saturated heterocycles. The van der Waals surface area contributed by atoms with Gasteiger partial charge < -0.3 is 44.9 Å². The van der Waals surface area contributed by atoms with Crippen molar-refractivity contribution in [2.45, 2.75) is 13.6 Å². The lowest BCUT2D eigenvalue weighted by Gasteiger charge is -2.30. The molecule has 0 spiro atoms. The molecular weight excluding hydrogens is 528 g/mol. The van der Waals surface area contributed by atoms with Crippen molar-refractivity contribution >= 4 is 34.8 Å². The van der Waals surface area contributed by atoms with Crippen LogP contribution in [0, 0.1) is 6.92 Å². The van der Waals surface area contributed by atoms with E-state index in [2.05, 4.69) is 20.6 Å². The first-order valence-electron chi connectivity index (χ1n) is 13.5. The third-order valence-corrected chi connectivity index (χ3v) is 7.00. The van der Waals surface area contributed by atoms with E-state index in [4.69, 9.17) is 4.74 Å². The Labute approximate surface area is 237 Å². The number of fused-ring (bicyclic) bond motifs is 1. The number of carbonyl (C=O) groups excluding carboxylic acids is 2. The number of aliphatic hydroxyl groups excluding tert-OH is 2. The Hall–Kier alpha value is -4.46. The molecule has 5 rings (SSSR count). The molecule has 13 nitrogen and oxygen atoms in total. The van der Waals surface area contributed by atoms with Gasteiger partial charge in [0.25, 0.3) is 5.91 Å². The number of anilines is 3. The summed E-state index contributed by atoms with van der Waals surface area (Å²) in [6.45, 7) is 4.47. The normalized spacial score (nSPS) is 14.8. The van der Waals surface area contributed by atoms with Gasteiger partial charge in [0.2, 0.25) is 0 Å². The summed E-state index contributed by atoms with van der Waals surface area (Å²) in [7, 11) is 0. The number of urea groups is 1. The summed E-state index contributed by atoms with van der Waals surface area (Å²) in [5, 5.41) is 24.8. The van der Waals surface area contributed by atoms with Crippen molar-refractivity contribution in [1.29, 1.82) is 0 Å². The number of hydrogen-bond donors (Lipinski definition) is 4. The predicted molar refractivity (Wildman–Crippen MR) is 153 cm³/mol. The topological polar surface area (TPSA) is 148 Å². The molecule has 0 atom stereocenters. The second-order valence-corrected chi connectivity index (χ2v) is 9.65. The molecule has 2 aliphatic rings. The predicted octanol–water partition coefficient (Wildman–Crippen LogP) is 1.77. The van der Waals surface area contributed by atoms with Gasteiger partial charge in [0.1, 0.15) is 12.5 Å². The molecule has 2 aliphatic heterocycles. The van der Waals surface area contributed by atoms with Crippen molar-refractivity contribution in [1.82, 2.24) is 24.3 Å². The maximum atomic E-state index is 12.8. The number of aromatic nitrogens is 3. The van der Waals surface area contributed by atoms with Crippen LogP contribution in [0.4, 0.5) is 22.0 Å². The average Bonchev–Trinajstić information content (AvgIpc) is 3.48. The van der Waals surface area contributed by atoms with Crippen LogP contribution in [-0.2, 0) is 11.4 Å². The summed E-state index contributed by atoms with van der Waals surface area (Å²) in [4.78, 5) is 39.7. The number of hydrogen-bond acceptors (Lipinski definition) is 9. The molecule has 0 radical (unpaired) electrons. The van der Waals surface area contributed by atoms with E-state index >= 15 is 0 Å². The lowest BCUT2D eigenvalue weighted by atomic mass is 10.1. The highest BCUT2D eigenvalue weighted by Gasteiger charge is 2.23. The van der Waals surface area contributed by atoms with Gasteiger partial charge in [-0.1, -0.05) is 6.07 Å². The molecule has 3 aromatic rings. The Bertz CT molecular complexity index is 1390. The number of aliphatic hydroxyl groups is 2.